The number of nitrogens with one attached hydrogen (secondary N) is 2. The van der Waals surface area contributed by atoms with Gasteiger partial charge in [0.2, 0.25) is 0 Å². The van der Waals surface area contributed by atoms with Crippen LogP contribution in [0.25, 0.3) is 0 Å². The Kier molecular flexibility index (Phi) is 3.93. The van der Waals surface area contributed by atoms with Crippen LogP contribution in [-0.4, -0.2) is 25.3 Å². The summed E-state index contributed by atoms with van der Waals surface area (Å²) in [7, 11) is 0. The van der Waals surface area contributed by atoms with Crippen LogP contribution in [0.1, 0.15) is 12.8 Å². The highest BCUT2D eigenvalue weighted by Crippen LogP contribution is 2.14. The lowest BCUT2D eigenvalue weighted by molar-refractivity contribution is 0.0908. The minimum Gasteiger partial charge on any atom is -0.446 e. The lowest BCUT2D eigenvalue weighted by Crippen LogP contribution is -2.34. The summed E-state index contributed by atoms with van der Waals surface area (Å²) in [6.45, 7) is 1.69. The van der Waals surface area contributed by atoms with Crippen molar-refractivity contribution in [2.24, 2.45) is 0 Å². The van der Waals surface area contributed by atoms with Crippen LogP contribution in [0, 0.1) is 5.82 Å². The number of carbonyl (C=O) groups is 1. The predicted molar refractivity (Wildman–Crippen MR) is 62.4 cm³/mol. The van der Waals surface area contributed by atoms with Gasteiger partial charge in [0.1, 0.15) is 11.9 Å². The van der Waals surface area contributed by atoms with Crippen LogP contribution >= 0.6 is 0 Å². The molecule has 1 aromatic rings. The van der Waals surface area contributed by atoms with Crippen LogP contribution in [0.15, 0.2) is 24.3 Å². The molecule has 1 heterocycles. The van der Waals surface area contributed by atoms with E-state index in [2.05, 4.69) is 10.6 Å². The zero-order valence-electron chi connectivity index (χ0n) is 9.41. The topological polar surface area (TPSA) is 50.4 Å². The van der Waals surface area contributed by atoms with E-state index in [1.807, 2.05) is 0 Å². The van der Waals surface area contributed by atoms with Gasteiger partial charge in [0.05, 0.1) is 5.69 Å². The normalized spacial score (nSPS) is 16.5. The zero-order chi connectivity index (χ0) is 12.1. The molecule has 0 radical (unpaired) electrons. The van der Waals surface area contributed by atoms with Crippen molar-refractivity contribution >= 4 is 11.8 Å². The predicted octanol–water partition coefficient (Wildman–Crippen LogP) is 2.13. The first-order valence-corrected chi connectivity index (χ1v) is 5.68. The fourth-order valence-corrected chi connectivity index (χ4v) is 1.77. The SMILES string of the molecule is O=C(Nc1ccccc1F)OC1CCNCC1. The van der Waals surface area contributed by atoms with Gasteiger partial charge in [0.15, 0.2) is 0 Å². The van der Waals surface area contributed by atoms with Gasteiger partial charge in [-0.3, -0.25) is 5.32 Å². The first-order valence-electron chi connectivity index (χ1n) is 5.68. The molecule has 1 amide bonds. The van der Waals surface area contributed by atoms with Crippen LogP contribution < -0.4 is 10.6 Å². The summed E-state index contributed by atoms with van der Waals surface area (Å²) in [5, 5.41) is 5.58. The number of halogens is 1. The van der Waals surface area contributed by atoms with Crippen molar-refractivity contribution < 1.29 is 13.9 Å². The molecule has 0 bridgehead atoms. The highest BCUT2D eigenvalue weighted by molar-refractivity contribution is 5.84. The lowest BCUT2D eigenvalue weighted by atomic mass is 10.1. The number of amides is 1. The third-order valence-electron chi connectivity index (χ3n) is 2.67. The van der Waals surface area contributed by atoms with Gasteiger partial charge < -0.3 is 10.1 Å². The molecule has 17 heavy (non-hydrogen) atoms. The number of carbonyl (C=O) groups excluding carboxylic acids is 1. The molecule has 5 heteroatoms. The van der Waals surface area contributed by atoms with E-state index in [4.69, 9.17) is 4.74 Å². The number of benzene rings is 1. The average Bonchev–Trinajstić information content (AvgIpc) is 2.33. The molecule has 2 rings (SSSR count). The van der Waals surface area contributed by atoms with Crippen molar-refractivity contribution in [1.82, 2.24) is 5.32 Å². The summed E-state index contributed by atoms with van der Waals surface area (Å²) in [6.07, 6.45) is 0.917. The van der Waals surface area contributed by atoms with E-state index in [0.29, 0.717) is 0 Å². The molecule has 0 spiro atoms. The monoisotopic (exact) mass is 238 g/mol. The third kappa shape index (κ3) is 3.42. The Hall–Kier alpha value is -1.62. The fourth-order valence-electron chi connectivity index (χ4n) is 1.77. The first-order chi connectivity index (χ1) is 8.25. The highest BCUT2D eigenvalue weighted by Gasteiger charge is 2.17. The van der Waals surface area contributed by atoms with Gasteiger partial charge in [0.25, 0.3) is 0 Å². The Bertz CT molecular complexity index is 392. The molecule has 1 aromatic carbocycles. The number of hydrogen-bond acceptors (Lipinski definition) is 3. The molecular weight excluding hydrogens is 223 g/mol. The van der Waals surface area contributed by atoms with Crippen LogP contribution in [-0.2, 0) is 4.74 Å². The van der Waals surface area contributed by atoms with Gasteiger partial charge in [0, 0.05) is 0 Å². The van der Waals surface area contributed by atoms with E-state index in [-0.39, 0.29) is 11.8 Å². The van der Waals surface area contributed by atoms with E-state index in [0.717, 1.165) is 25.9 Å². The number of para-hydroxylation sites is 1. The van der Waals surface area contributed by atoms with Gasteiger partial charge in [-0.2, -0.15) is 0 Å². The second kappa shape index (κ2) is 5.63. The van der Waals surface area contributed by atoms with E-state index < -0.39 is 11.9 Å². The Labute approximate surface area is 99.2 Å². The Morgan fingerprint density at radius 1 is 1.35 bits per heavy atom. The first kappa shape index (κ1) is 11.9. The van der Waals surface area contributed by atoms with Crippen LogP contribution in [0.5, 0.6) is 0 Å². The van der Waals surface area contributed by atoms with E-state index in [9.17, 15) is 9.18 Å². The molecule has 92 valence electrons. The fraction of sp³-hybridized carbons (Fsp3) is 0.417. The maximum atomic E-state index is 13.2. The van der Waals surface area contributed by atoms with Gasteiger partial charge in [-0.05, 0) is 38.1 Å². The third-order valence-corrected chi connectivity index (χ3v) is 2.67. The zero-order valence-corrected chi connectivity index (χ0v) is 9.41. The molecule has 1 saturated heterocycles. The summed E-state index contributed by atoms with van der Waals surface area (Å²) < 4.78 is 18.4. The molecule has 0 aromatic heterocycles. The van der Waals surface area contributed by atoms with Gasteiger partial charge in [-0.1, -0.05) is 12.1 Å². The average molecular weight is 238 g/mol. The number of piperidine rings is 1. The Balaban J connectivity index is 1.86. The molecule has 1 aliphatic rings. The van der Waals surface area contributed by atoms with Crippen molar-refractivity contribution in [3.63, 3.8) is 0 Å². The molecule has 1 aliphatic heterocycles. The molecule has 2 N–H and O–H groups in total. The lowest BCUT2D eigenvalue weighted by Gasteiger charge is -2.22. The quantitative estimate of drug-likeness (QED) is 0.829. The number of hydrogen-bond donors (Lipinski definition) is 2. The summed E-state index contributed by atoms with van der Waals surface area (Å²) in [4.78, 5) is 11.5. The Morgan fingerprint density at radius 2 is 2.06 bits per heavy atom. The largest absolute Gasteiger partial charge is 0.446 e. The van der Waals surface area contributed by atoms with Crippen molar-refractivity contribution in [3.05, 3.63) is 30.1 Å². The number of ether oxygens (including phenoxy) is 1. The number of rotatable bonds is 2. The van der Waals surface area contributed by atoms with Crippen LogP contribution in [0.3, 0.4) is 0 Å². The summed E-state index contributed by atoms with van der Waals surface area (Å²) in [5.74, 6) is -0.463. The molecule has 0 aliphatic carbocycles. The van der Waals surface area contributed by atoms with Crippen molar-refractivity contribution in [2.75, 3.05) is 18.4 Å². The minimum absolute atomic E-state index is 0.0805. The highest BCUT2D eigenvalue weighted by atomic mass is 19.1. The second-order valence-electron chi connectivity index (χ2n) is 3.96. The second-order valence-corrected chi connectivity index (χ2v) is 3.96. The summed E-state index contributed by atoms with van der Waals surface area (Å²) >= 11 is 0. The van der Waals surface area contributed by atoms with E-state index in [1.54, 1.807) is 12.1 Å². The van der Waals surface area contributed by atoms with Gasteiger partial charge >= 0.3 is 6.09 Å². The van der Waals surface area contributed by atoms with Gasteiger partial charge in [-0.25, -0.2) is 9.18 Å². The van der Waals surface area contributed by atoms with Crippen LogP contribution in [0.2, 0.25) is 0 Å². The van der Waals surface area contributed by atoms with Crippen LogP contribution in [0.4, 0.5) is 14.9 Å². The van der Waals surface area contributed by atoms with E-state index >= 15 is 0 Å². The van der Waals surface area contributed by atoms with Crippen molar-refractivity contribution in [1.29, 1.82) is 0 Å². The smallest absolute Gasteiger partial charge is 0.411 e. The summed E-state index contributed by atoms with van der Waals surface area (Å²) in [6, 6.07) is 6.01. The molecule has 4 nitrogen and oxygen atoms in total. The van der Waals surface area contributed by atoms with Gasteiger partial charge in [-0.15, -0.1) is 0 Å². The molecule has 0 atom stereocenters. The molecule has 0 saturated carbocycles. The van der Waals surface area contributed by atoms with Crippen molar-refractivity contribution in [2.45, 2.75) is 18.9 Å². The molecular formula is C12H15FN2O2. The standard InChI is InChI=1S/C12H15FN2O2/c13-10-3-1-2-4-11(10)15-12(16)17-9-5-7-14-8-6-9/h1-4,9,14H,5-8H2,(H,15,16). The number of anilines is 1. The van der Waals surface area contributed by atoms with Crippen molar-refractivity contribution in [3.8, 4) is 0 Å². The maximum Gasteiger partial charge on any atom is 0.411 e. The maximum absolute atomic E-state index is 13.2. The minimum atomic E-state index is -0.595. The van der Waals surface area contributed by atoms with E-state index in [1.165, 1.54) is 12.1 Å². The molecule has 1 fully saturated rings. The molecule has 0 unspecified atom stereocenters. The summed E-state index contributed by atoms with van der Waals surface area (Å²) in [5.41, 5.74) is 0.145. The Morgan fingerprint density at radius 3 is 2.76 bits per heavy atom.